The number of thiophene rings is 1. The van der Waals surface area contributed by atoms with Gasteiger partial charge >= 0.3 is 0 Å². The number of aliphatic hydroxyl groups excluding tert-OH is 1. The predicted molar refractivity (Wildman–Crippen MR) is 132 cm³/mol. The molecule has 0 aliphatic carbocycles. The lowest BCUT2D eigenvalue weighted by atomic mass is 10.1. The molecule has 164 valence electrons. The number of hydrogen-bond acceptors (Lipinski definition) is 5. The van der Waals surface area contributed by atoms with Gasteiger partial charge in [-0.1, -0.05) is 42.6 Å². The smallest absolute Gasteiger partial charge is 0.160 e. The standard InChI is InChI=1S/C24H32BrNO3S/c1-3-5-13-26(14-6-4-2)20-9-7-19(24(15-20)29-18-21(28)16-25)8-10-22-11-12-23(17-27)30-22/h7-12,15,17,21,28H,3-6,13-14,16,18H2,1-2H3/b10-8+. The van der Waals surface area contributed by atoms with Gasteiger partial charge in [-0.05, 0) is 49.3 Å². The molecule has 30 heavy (non-hydrogen) atoms. The third-order valence-corrected chi connectivity index (χ3v) is 6.45. The van der Waals surface area contributed by atoms with Crippen LogP contribution in [0.15, 0.2) is 30.3 Å². The number of anilines is 1. The van der Waals surface area contributed by atoms with Crippen molar-refractivity contribution >= 4 is 51.4 Å². The Kier molecular flexibility index (Phi) is 11.2. The average molecular weight is 494 g/mol. The fourth-order valence-electron chi connectivity index (χ4n) is 2.97. The van der Waals surface area contributed by atoms with Gasteiger partial charge in [-0.25, -0.2) is 0 Å². The minimum absolute atomic E-state index is 0.230. The molecule has 1 aromatic heterocycles. The van der Waals surface area contributed by atoms with Crippen molar-refractivity contribution in [3.8, 4) is 5.75 Å². The second kappa shape index (κ2) is 13.6. The molecule has 0 spiro atoms. The molecule has 2 aromatic rings. The molecular formula is C24H32BrNO3S. The fraction of sp³-hybridized carbons (Fsp3) is 0.458. The first-order chi connectivity index (χ1) is 14.6. The first-order valence-electron chi connectivity index (χ1n) is 10.6. The van der Waals surface area contributed by atoms with Gasteiger partial charge in [0.2, 0.25) is 0 Å². The summed E-state index contributed by atoms with van der Waals surface area (Å²) in [6, 6.07) is 10.1. The summed E-state index contributed by atoms with van der Waals surface area (Å²) in [5.74, 6) is 0.758. The van der Waals surface area contributed by atoms with Crippen LogP contribution in [0.25, 0.3) is 12.2 Å². The SMILES string of the molecule is CCCCN(CCCC)c1ccc(/C=C/c2ccc(C=O)s2)c(OCC(O)CBr)c1. The van der Waals surface area contributed by atoms with Crippen LogP contribution >= 0.6 is 27.3 Å². The summed E-state index contributed by atoms with van der Waals surface area (Å²) in [4.78, 5) is 15.1. The maximum Gasteiger partial charge on any atom is 0.160 e. The Morgan fingerprint density at radius 1 is 1.10 bits per heavy atom. The molecule has 0 aliphatic heterocycles. The number of carbonyl (C=O) groups excluding carboxylic acids is 1. The first kappa shape index (κ1) is 24.6. The number of aliphatic hydroxyl groups is 1. The number of benzene rings is 1. The molecule has 1 atom stereocenters. The zero-order valence-corrected chi connectivity index (χ0v) is 20.3. The van der Waals surface area contributed by atoms with Gasteiger partial charge in [0.05, 0.1) is 11.0 Å². The molecule has 0 saturated heterocycles. The van der Waals surface area contributed by atoms with E-state index in [1.807, 2.05) is 24.3 Å². The van der Waals surface area contributed by atoms with E-state index in [0.29, 0.717) is 10.2 Å². The minimum atomic E-state index is -0.561. The van der Waals surface area contributed by atoms with Crippen LogP contribution in [0.3, 0.4) is 0 Å². The second-order valence-corrected chi connectivity index (χ2v) is 9.02. The van der Waals surface area contributed by atoms with Crippen molar-refractivity contribution in [3.05, 3.63) is 45.6 Å². The number of alkyl halides is 1. The Balaban J connectivity index is 2.28. The van der Waals surface area contributed by atoms with E-state index in [2.05, 4.69) is 52.9 Å². The highest BCUT2D eigenvalue weighted by Crippen LogP contribution is 2.29. The molecule has 0 amide bonds. The van der Waals surface area contributed by atoms with Crippen LogP contribution in [0.5, 0.6) is 5.75 Å². The molecule has 1 heterocycles. The van der Waals surface area contributed by atoms with Crippen molar-refractivity contribution in [1.82, 2.24) is 0 Å². The lowest BCUT2D eigenvalue weighted by Gasteiger charge is -2.26. The molecule has 2 rings (SSSR count). The largest absolute Gasteiger partial charge is 0.490 e. The number of aldehydes is 1. The lowest BCUT2D eigenvalue weighted by molar-refractivity contribution is 0.112. The molecule has 4 nitrogen and oxygen atoms in total. The van der Waals surface area contributed by atoms with Crippen molar-refractivity contribution in [3.63, 3.8) is 0 Å². The van der Waals surface area contributed by atoms with E-state index in [1.165, 1.54) is 11.3 Å². The van der Waals surface area contributed by atoms with E-state index >= 15 is 0 Å². The van der Waals surface area contributed by atoms with E-state index in [0.717, 1.165) is 66.9 Å². The topological polar surface area (TPSA) is 49.8 Å². The number of hydrogen-bond donors (Lipinski definition) is 1. The highest BCUT2D eigenvalue weighted by Gasteiger charge is 2.11. The predicted octanol–water partition coefficient (Wildman–Crippen LogP) is 6.27. The zero-order chi connectivity index (χ0) is 21.8. The Morgan fingerprint density at radius 3 is 2.40 bits per heavy atom. The first-order valence-corrected chi connectivity index (χ1v) is 12.5. The Labute approximate surface area is 192 Å². The molecule has 0 saturated carbocycles. The molecule has 6 heteroatoms. The third kappa shape index (κ3) is 7.89. The van der Waals surface area contributed by atoms with Crippen LogP contribution in [-0.2, 0) is 0 Å². The quantitative estimate of drug-likeness (QED) is 0.248. The Bertz CT molecular complexity index is 797. The van der Waals surface area contributed by atoms with E-state index in [1.54, 1.807) is 0 Å². The summed E-state index contributed by atoms with van der Waals surface area (Å²) >= 11 is 4.75. The van der Waals surface area contributed by atoms with Gasteiger partial charge < -0.3 is 14.7 Å². The van der Waals surface area contributed by atoms with Crippen LogP contribution in [0, 0.1) is 0 Å². The Hall–Kier alpha value is -1.63. The maximum atomic E-state index is 10.9. The van der Waals surface area contributed by atoms with Crippen LogP contribution in [-0.4, -0.2) is 42.5 Å². The van der Waals surface area contributed by atoms with E-state index in [4.69, 9.17) is 4.74 Å². The summed E-state index contributed by atoms with van der Waals surface area (Å²) in [5, 5.41) is 10.4. The summed E-state index contributed by atoms with van der Waals surface area (Å²) in [6.45, 7) is 6.71. The molecule has 1 N–H and O–H groups in total. The summed E-state index contributed by atoms with van der Waals surface area (Å²) < 4.78 is 5.99. The molecular weight excluding hydrogens is 462 g/mol. The molecule has 0 bridgehead atoms. The number of rotatable bonds is 14. The fourth-order valence-corrected chi connectivity index (χ4v) is 3.89. The minimum Gasteiger partial charge on any atom is -0.490 e. The number of ether oxygens (including phenoxy) is 1. The van der Waals surface area contributed by atoms with Gasteiger partial charge in [-0.3, -0.25) is 4.79 Å². The van der Waals surface area contributed by atoms with Gasteiger partial charge in [0.1, 0.15) is 12.4 Å². The summed E-state index contributed by atoms with van der Waals surface area (Å²) in [6.07, 6.45) is 8.93. The van der Waals surface area contributed by atoms with Crippen molar-refractivity contribution < 1.29 is 14.6 Å². The van der Waals surface area contributed by atoms with Crippen molar-refractivity contribution in [2.24, 2.45) is 0 Å². The van der Waals surface area contributed by atoms with Gasteiger partial charge in [0.25, 0.3) is 0 Å². The highest BCUT2D eigenvalue weighted by atomic mass is 79.9. The normalized spacial score (nSPS) is 12.3. The van der Waals surface area contributed by atoms with Crippen LogP contribution in [0.1, 0.15) is 59.6 Å². The average Bonchev–Trinajstić information content (AvgIpc) is 3.24. The maximum absolute atomic E-state index is 10.9. The van der Waals surface area contributed by atoms with E-state index in [9.17, 15) is 9.90 Å². The van der Waals surface area contributed by atoms with Crippen LogP contribution in [0.2, 0.25) is 0 Å². The van der Waals surface area contributed by atoms with Crippen molar-refractivity contribution in [1.29, 1.82) is 0 Å². The monoisotopic (exact) mass is 493 g/mol. The summed E-state index contributed by atoms with van der Waals surface area (Å²) in [7, 11) is 0. The lowest BCUT2D eigenvalue weighted by Crippen LogP contribution is -2.25. The molecule has 0 radical (unpaired) electrons. The zero-order valence-electron chi connectivity index (χ0n) is 17.9. The number of halogens is 1. The number of unbranched alkanes of at least 4 members (excludes halogenated alkanes) is 2. The van der Waals surface area contributed by atoms with E-state index in [-0.39, 0.29) is 6.61 Å². The third-order valence-electron chi connectivity index (χ3n) is 4.73. The van der Waals surface area contributed by atoms with Crippen LogP contribution < -0.4 is 9.64 Å². The van der Waals surface area contributed by atoms with Crippen molar-refractivity contribution in [2.45, 2.75) is 45.6 Å². The molecule has 0 aliphatic rings. The van der Waals surface area contributed by atoms with Crippen molar-refractivity contribution in [2.75, 3.05) is 29.9 Å². The number of carbonyl (C=O) groups is 1. The van der Waals surface area contributed by atoms with Gasteiger partial charge in [-0.2, -0.15) is 0 Å². The summed E-state index contributed by atoms with van der Waals surface area (Å²) in [5.41, 5.74) is 2.10. The van der Waals surface area contributed by atoms with Gasteiger partial charge in [0, 0.05) is 40.6 Å². The van der Waals surface area contributed by atoms with Gasteiger partial charge in [-0.15, -0.1) is 11.3 Å². The second-order valence-electron chi connectivity index (χ2n) is 7.23. The Morgan fingerprint density at radius 2 is 1.80 bits per heavy atom. The molecule has 0 fully saturated rings. The highest BCUT2D eigenvalue weighted by molar-refractivity contribution is 9.09. The molecule has 1 aromatic carbocycles. The van der Waals surface area contributed by atoms with Crippen LogP contribution in [0.4, 0.5) is 5.69 Å². The van der Waals surface area contributed by atoms with E-state index < -0.39 is 6.10 Å². The van der Waals surface area contributed by atoms with Gasteiger partial charge in [0.15, 0.2) is 6.29 Å². The molecule has 1 unspecified atom stereocenters. The number of nitrogens with zero attached hydrogens (tertiary/aromatic N) is 1.